The highest BCUT2D eigenvalue weighted by atomic mass is 16.5. The highest BCUT2D eigenvalue weighted by Crippen LogP contribution is 2.18. The smallest absolute Gasteiger partial charge is 0.189 e. The van der Waals surface area contributed by atoms with E-state index in [4.69, 9.17) is 10.5 Å². The lowest BCUT2D eigenvalue weighted by atomic mass is 10.1. The lowest BCUT2D eigenvalue weighted by Gasteiger charge is -2.27. The minimum atomic E-state index is 0.148. The lowest BCUT2D eigenvalue weighted by Crippen LogP contribution is -2.40. The summed E-state index contributed by atoms with van der Waals surface area (Å²) in [6, 6.07) is 4.25. The van der Waals surface area contributed by atoms with Gasteiger partial charge in [0.25, 0.3) is 0 Å². The van der Waals surface area contributed by atoms with Crippen molar-refractivity contribution >= 4 is 11.8 Å². The van der Waals surface area contributed by atoms with Gasteiger partial charge in [-0.15, -0.1) is 0 Å². The number of nitrogens with one attached hydrogen (secondary N) is 1. The Labute approximate surface area is 132 Å². The molecule has 22 heavy (non-hydrogen) atoms. The molecule has 0 radical (unpaired) electrons. The Hall–Kier alpha value is -1.82. The third kappa shape index (κ3) is 5.18. The average molecular weight is 305 g/mol. The zero-order valence-corrected chi connectivity index (χ0v) is 13.6. The number of hydrogen-bond acceptors (Lipinski definition) is 4. The molecule has 2 heterocycles. The van der Waals surface area contributed by atoms with Crippen molar-refractivity contribution in [1.29, 1.82) is 0 Å². The number of hydrogen-bond donors (Lipinski definition) is 2. The van der Waals surface area contributed by atoms with Crippen LogP contribution in [0.1, 0.15) is 31.7 Å². The van der Waals surface area contributed by atoms with E-state index < -0.39 is 0 Å². The number of aromatic nitrogens is 1. The molecule has 0 aliphatic carbocycles. The van der Waals surface area contributed by atoms with Crippen LogP contribution in [0, 0.1) is 0 Å². The minimum absolute atomic E-state index is 0.148. The maximum atomic E-state index is 5.89. The van der Waals surface area contributed by atoms with Gasteiger partial charge in [-0.25, -0.2) is 9.98 Å². The van der Waals surface area contributed by atoms with Crippen molar-refractivity contribution in [3.8, 4) is 0 Å². The zero-order chi connectivity index (χ0) is 15.8. The van der Waals surface area contributed by atoms with Gasteiger partial charge in [0.05, 0.1) is 13.2 Å². The van der Waals surface area contributed by atoms with Crippen LogP contribution in [0.5, 0.6) is 0 Å². The number of pyridine rings is 1. The number of ether oxygens (including phenoxy) is 1. The molecule has 6 nitrogen and oxygen atoms in total. The third-order valence-electron chi connectivity index (χ3n) is 3.73. The summed E-state index contributed by atoms with van der Waals surface area (Å²) in [6.45, 7) is 5.36. The summed E-state index contributed by atoms with van der Waals surface area (Å²) in [6.07, 6.45) is 5.67. The molecular formula is C16H27N5O. The van der Waals surface area contributed by atoms with Gasteiger partial charge in [-0.3, -0.25) is 0 Å². The summed E-state index contributed by atoms with van der Waals surface area (Å²) in [5.74, 6) is 1.49. The van der Waals surface area contributed by atoms with Gasteiger partial charge < -0.3 is 20.7 Å². The lowest BCUT2D eigenvalue weighted by molar-refractivity contribution is 0.179. The van der Waals surface area contributed by atoms with Gasteiger partial charge in [0.15, 0.2) is 5.96 Å². The van der Waals surface area contributed by atoms with E-state index in [1.54, 1.807) is 7.11 Å². The summed E-state index contributed by atoms with van der Waals surface area (Å²) in [5.41, 5.74) is 7.02. The first-order valence-electron chi connectivity index (χ1n) is 7.94. The molecule has 0 amide bonds. The summed E-state index contributed by atoms with van der Waals surface area (Å²) in [5, 5.41) is 3.11. The number of rotatable bonds is 6. The number of nitrogens with two attached hydrogens (primary N) is 1. The van der Waals surface area contributed by atoms with Crippen molar-refractivity contribution in [2.24, 2.45) is 10.7 Å². The van der Waals surface area contributed by atoms with E-state index in [0.717, 1.165) is 24.5 Å². The number of methoxy groups -OCH3 is 1. The fraction of sp³-hybridized carbons (Fsp3) is 0.625. The van der Waals surface area contributed by atoms with Crippen LogP contribution in [0.2, 0.25) is 0 Å². The number of piperidine rings is 1. The van der Waals surface area contributed by atoms with Crippen molar-refractivity contribution in [2.75, 3.05) is 31.7 Å². The molecule has 6 heteroatoms. The first kappa shape index (κ1) is 16.5. The van der Waals surface area contributed by atoms with Crippen LogP contribution < -0.4 is 16.0 Å². The van der Waals surface area contributed by atoms with Gasteiger partial charge >= 0.3 is 0 Å². The topological polar surface area (TPSA) is 75.8 Å². The van der Waals surface area contributed by atoms with E-state index in [9.17, 15) is 0 Å². The van der Waals surface area contributed by atoms with Gasteiger partial charge in [0.1, 0.15) is 5.82 Å². The number of guanidine groups is 1. The van der Waals surface area contributed by atoms with E-state index in [2.05, 4.69) is 26.3 Å². The molecule has 2 rings (SSSR count). The minimum Gasteiger partial charge on any atom is -0.383 e. The van der Waals surface area contributed by atoms with Gasteiger partial charge in [0, 0.05) is 32.4 Å². The van der Waals surface area contributed by atoms with Gasteiger partial charge in [-0.05, 0) is 43.9 Å². The quantitative estimate of drug-likeness (QED) is 0.615. The Bertz CT molecular complexity index is 485. The molecule has 3 N–H and O–H groups in total. The molecule has 1 atom stereocenters. The number of nitrogens with zero attached hydrogens (tertiary/aromatic N) is 3. The van der Waals surface area contributed by atoms with Crippen LogP contribution in [0.4, 0.5) is 5.82 Å². The van der Waals surface area contributed by atoms with E-state index in [-0.39, 0.29) is 6.04 Å². The maximum absolute atomic E-state index is 5.89. The molecule has 1 aromatic rings. The maximum Gasteiger partial charge on any atom is 0.189 e. The van der Waals surface area contributed by atoms with Crippen molar-refractivity contribution in [3.63, 3.8) is 0 Å². The predicted octanol–water partition coefficient (Wildman–Crippen LogP) is 1.51. The highest BCUT2D eigenvalue weighted by molar-refractivity contribution is 5.78. The monoisotopic (exact) mass is 305 g/mol. The molecule has 1 saturated heterocycles. The van der Waals surface area contributed by atoms with Crippen molar-refractivity contribution in [3.05, 3.63) is 23.9 Å². The first-order valence-corrected chi connectivity index (χ1v) is 7.94. The summed E-state index contributed by atoms with van der Waals surface area (Å²) in [7, 11) is 1.67. The van der Waals surface area contributed by atoms with E-state index >= 15 is 0 Å². The summed E-state index contributed by atoms with van der Waals surface area (Å²) < 4.78 is 5.06. The van der Waals surface area contributed by atoms with E-state index in [1.165, 1.54) is 19.3 Å². The van der Waals surface area contributed by atoms with E-state index in [1.807, 2.05) is 19.2 Å². The Morgan fingerprint density at radius 3 is 2.95 bits per heavy atom. The van der Waals surface area contributed by atoms with Crippen molar-refractivity contribution in [2.45, 2.75) is 38.8 Å². The van der Waals surface area contributed by atoms with Crippen LogP contribution in [-0.4, -0.2) is 43.8 Å². The van der Waals surface area contributed by atoms with Crippen LogP contribution in [0.3, 0.4) is 0 Å². The van der Waals surface area contributed by atoms with Crippen LogP contribution in [0.15, 0.2) is 23.3 Å². The fourth-order valence-corrected chi connectivity index (χ4v) is 2.62. The second-order valence-electron chi connectivity index (χ2n) is 5.77. The second-order valence-corrected chi connectivity index (χ2v) is 5.77. The molecule has 1 aliphatic heterocycles. The van der Waals surface area contributed by atoms with Crippen LogP contribution >= 0.6 is 0 Å². The molecule has 0 saturated carbocycles. The number of anilines is 1. The molecule has 0 spiro atoms. The van der Waals surface area contributed by atoms with E-state index in [0.29, 0.717) is 19.1 Å². The zero-order valence-electron chi connectivity index (χ0n) is 13.6. The summed E-state index contributed by atoms with van der Waals surface area (Å²) >= 11 is 0. The molecular weight excluding hydrogens is 278 g/mol. The fourth-order valence-electron chi connectivity index (χ4n) is 2.62. The predicted molar refractivity (Wildman–Crippen MR) is 90.1 cm³/mol. The van der Waals surface area contributed by atoms with Crippen LogP contribution in [-0.2, 0) is 11.3 Å². The Morgan fingerprint density at radius 2 is 2.23 bits per heavy atom. The van der Waals surface area contributed by atoms with Crippen molar-refractivity contribution in [1.82, 2.24) is 10.3 Å². The Morgan fingerprint density at radius 1 is 1.45 bits per heavy atom. The standard InChI is InChI=1S/C16H27N5O/c1-13(12-22-2)20-16(17)19-11-14-6-7-18-15(10-14)21-8-4-3-5-9-21/h6-7,10,13H,3-5,8-9,11-12H2,1-2H3,(H3,17,19,20). The van der Waals surface area contributed by atoms with Gasteiger partial charge in [0.2, 0.25) is 0 Å². The molecule has 1 unspecified atom stereocenters. The number of aliphatic imine (C=N–C) groups is 1. The van der Waals surface area contributed by atoms with Gasteiger partial charge in [-0.2, -0.15) is 0 Å². The van der Waals surface area contributed by atoms with Crippen LogP contribution in [0.25, 0.3) is 0 Å². The normalized spacial score (nSPS) is 17.4. The molecule has 0 bridgehead atoms. The molecule has 122 valence electrons. The summed E-state index contributed by atoms with van der Waals surface area (Å²) in [4.78, 5) is 11.2. The molecule has 1 fully saturated rings. The third-order valence-corrected chi connectivity index (χ3v) is 3.73. The average Bonchev–Trinajstić information content (AvgIpc) is 2.54. The highest BCUT2D eigenvalue weighted by Gasteiger charge is 2.12. The Balaban J connectivity index is 1.92. The first-order chi connectivity index (χ1) is 10.7. The second kappa shape index (κ2) is 8.58. The largest absolute Gasteiger partial charge is 0.383 e. The Kier molecular flexibility index (Phi) is 6.45. The van der Waals surface area contributed by atoms with Crippen molar-refractivity contribution < 1.29 is 4.74 Å². The SMILES string of the molecule is COCC(C)NC(N)=NCc1ccnc(N2CCCCC2)c1. The molecule has 0 aromatic carbocycles. The van der Waals surface area contributed by atoms with Gasteiger partial charge in [-0.1, -0.05) is 0 Å². The molecule has 1 aromatic heterocycles. The molecule has 1 aliphatic rings.